The van der Waals surface area contributed by atoms with E-state index in [0.29, 0.717) is 18.0 Å². The van der Waals surface area contributed by atoms with Crippen LogP contribution in [0.15, 0.2) is 0 Å². The van der Waals surface area contributed by atoms with Gasteiger partial charge in [0.2, 0.25) is 0 Å². The van der Waals surface area contributed by atoms with Gasteiger partial charge in [-0.15, -0.1) is 0 Å². The zero-order valence-electron chi connectivity index (χ0n) is 7.55. The molecule has 0 amide bonds. The van der Waals surface area contributed by atoms with Crippen molar-refractivity contribution in [2.45, 2.75) is 31.7 Å². The molecule has 0 aromatic rings. The zero-order chi connectivity index (χ0) is 8.55. The molecule has 0 aromatic heterocycles. The first-order valence-corrected chi connectivity index (χ1v) is 4.73. The van der Waals surface area contributed by atoms with Gasteiger partial charge in [0.1, 0.15) is 0 Å². The van der Waals surface area contributed by atoms with Crippen LogP contribution in [0.2, 0.25) is 0 Å². The maximum absolute atomic E-state index is 7.52. The highest BCUT2D eigenvalue weighted by atomic mass is 16.5. The second kappa shape index (κ2) is 2.96. The minimum atomic E-state index is 0.359. The Bertz CT molecular complexity index is 193. The third-order valence-electron chi connectivity index (χ3n) is 3.12. The van der Waals surface area contributed by atoms with Crippen LogP contribution in [0.3, 0.4) is 0 Å². The van der Waals surface area contributed by atoms with Gasteiger partial charge in [0.15, 0.2) is 0 Å². The molecule has 3 nitrogen and oxygen atoms in total. The minimum Gasteiger partial charge on any atom is -0.465 e. The molecule has 0 aromatic carbocycles. The highest BCUT2D eigenvalue weighted by Crippen LogP contribution is 2.30. The van der Waals surface area contributed by atoms with E-state index in [1.807, 2.05) is 11.9 Å². The summed E-state index contributed by atoms with van der Waals surface area (Å²) in [6, 6.07) is 0.943. The maximum atomic E-state index is 7.52. The molecule has 1 N–H and O–H groups in total. The predicted octanol–water partition coefficient (Wildman–Crippen LogP) is 1.44. The molecule has 1 aliphatic heterocycles. The fourth-order valence-electron chi connectivity index (χ4n) is 2.33. The standard InChI is InChI=1S/C9H16N2O/c1-11-8-5-3-2-4-7(8)6-12-9(11)10/h7-8,10H,2-6H2,1H3/t7-,8+/m0/s1. The molecule has 2 rings (SSSR count). The Morgan fingerprint density at radius 1 is 1.42 bits per heavy atom. The van der Waals surface area contributed by atoms with Crippen molar-refractivity contribution in [3.63, 3.8) is 0 Å². The number of fused-ring (bicyclic) bond motifs is 1. The Morgan fingerprint density at radius 3 is 3.00 bits per heavy atom. The fourth-order valence-corrected chi connectivity index (χ4v) is 2.33. The molecular formula is C9H16N2O. The van der Waals surface area contributed by atoms with Gasteiger partial charge in [-0.25, -0.2) is 0 Å². The summed E-state index contributed by atoms with van der Waals surface area (Å²) in [5, 5.41) is 7.52. The Morgan fingerprint density at radius 2 is 2.17 bits per heavy atom. The fraction of sp³-hybridized carbons (Fsp3) is 0.889. The minimum absolute atomic E-state index is 0.359. The summed E-state index contributed by atoms with van der Waals surface area (Å²) in [6.07, 6.45) is 5.18. The Labute approximate surface area is 73.2 Å². The lowest BCUT2D eigenvalue weighted by atomic mass is 9.83. The van der Waals surface area contributed by atoms with Gasteiger partial charge in [-0.2, -0.15) is 0 Å². The molecular weight excluding hydrogens is 152 g/mol. The van der Waals surface area contributed by atoms with Gasteiger partial charge in [-0.05, 0) is 12.8 Å². The van der Waals surface area contributed by atoms with Gasteiger partial charge in [0, 0.05) is 19.0 Å². The molecule has 2 fully saturated rings. The van der Waals surface area contributed by atoms with Gasteiger partial charge < -0.3 is 9.64 Å². The van der Waals surface area contributed by atoms with Crippen molar-refractivity contribution < 1.29 is 4.74 Å². The molecule has 2 atom stereocenters. The van der Waals surface area contributed by atoms with E-state index in [0.717, 1.165) is 6.61 Å². The van der Waals surface area contributed by atoms with Crippen molar-refractivity contribution in [1.82, 2.24) is 4.90 Å². The van der Waals surface area contributed by atoms with Crippen LogP contribution in [0.1, 0.15) is 25.7 Å². The second-order valence-electron chi connectivity index (χ2n) is 3.84. The van der Waals surface area contributed by atoms with Crippen molar-refractivity contribution in [3.8, 4) is 0 Å². The van der Waals surface area contributed by atoms with E-state index >= 15 is 0 Å². The Hall–Kier alpha value is -0.730. The maximum Gasteiger partial charge on any atom is 0.284 e. The van der Waals surface area contributed by atoms with Gasteiger partial charge in [0.25, 0.3) is 6.02 Å². The van der Waals surface area contributed by atoms with Crippen LogP contribution in [0.25, 0.3) is 0 Å². The van der Waals surface area contributed by atoms with Crippen LogP contribution in [-0.2, 0) is 4.74 Å². The number of nitrogens with one attached hydrogen (secondary N) is 1. The average molecular weight is 168 g/mol. The van der Waals surface area contributed by atoms with Crippen LogP contribution in [0, 0.1) is 11.3 Å². The van der Waals surface area contributed by atoms with Crippen molar-refractivity contribution >= 4 is 6.02 Å². The van der Waals surface area contributed by atoms with Crippen LogP contribution < -0.4 is 0 Å². The van der Waals surface area contributed by atoms with E-state index in [1.54, 1.807) is 0 Å². The molecule has 0 bridgehead atoms. The van der Waals surface area contributed by atoms with Crippen LogP contribution in [0.4, 0.5) is 0 Å². The van der Waals surface area contributed by atoms with Gasteiger partial charge in [0.05, 0.1) is 6.61 Å². The smallest absolute Gasteiger partial charge is 0.284 e. The van der Waals surface area contributed by atoms with Gasteiger partial charge in [-0.3, -0.25) is 5.41 Å². The third-order valence-corrected chi connectivity index (χ3v) is 3.12. The van der Waals surface area contributed by atoms with E-state index in [-0.39, 0.29) is 0 Å². The molecule has 0 spiro atoms. The molecule has 0 unspecified atom stereocenters. The van der Waals surface area contributed by atoms with Crippen molar-refractivity contribution in [2.24, 2.45) is 5.92 Å². The van der Waals surface area contributed by atoms with Crippen molar-refractivity contribution in [3.05, 3.63) is 0 Å². The first kappa shape index (κ1) is 7.90. The Kier molecular flexibility index (Phi) is 1.95. The van der Waals surface area contributed by atoms with E-state index in [4.69, 9.17) is 10.1 Å². The van der Waals surface area contributed by atoms with Gasteiger partial charge in [-0.1, -0.05) is 12.8 Å². The molecule has 1 saturated heterocycles. The summed E-state index contributed by atoms with van der Waals surface area (Å²) in [7, 11) is 1.98. The molecule has 68 valence electrons. The molecule has 2 aliphatic rings. The highest BCUT2D eigenvalue weighted by molar-refractivity contribution is 5.71. The lowest BCUT2D eigenvalue weighted by molar-refractivity contribution is 0.0514. The largest absolute Gasteiger partial charge is 0.465 e. The number of nitrogens with zero attached hydrogens (tertiary/aromatic N) is 1. The SMILES string of the molecule is CN1C(=N)OC[C@@H]2CCCC[C@H]21. The summed E-state index contributed by atoms with van der Waals surface area (Å²) < 4.78 is 5.27. The first-order chi connectivity index (χ1) is 5.79. The molecule has 1 saturated carbocycles. The highest BCUT2D eigenvalue weighted by Gasteiger charge is 2.34. The summed E-state index contributed by atoms with van der Waals surface area (Å²) in [4.78, 5) is 1.99. The van der Waals surface area contributed by atoms with Crippen LogP contribution >= 0.6 is 0 Å². The lowest BCUT2D eigenvalue weighted by Gasteiger charge is -2.42. The molecule has 0 radical (unpaired) electrons. The topological polar surface area (TPSA) is 36.3 Å². The third kappa shape index (κ3) is 1.17. The van der Waals surface area contributed by atoms with E-state index < -0.39 is 0 Å². The molecule has 1 heterocycles. The summed E-state index contributed by atoms with van der Waals surface area (Å²) in [6.45, 7) is 0.772. The monoisotopic (exact) mass is 168 g/mol. The summed E-state index contributed by atoms with van der Waals surface area (Å²) >= 11 is 0. The van der Waals surface area contributed by atoms with Crippen molar-refractivity contribution in [2.75, 3.05) is 13.7 Å². The van der Waals surface area contributed by atoms with E-state index in [1.165, 1.54) is 25.7 Å². The summed E-state index contributed by atoms with van der Waals surface area (Å²) in [5.41, 5.74) is 0. The quantitative estimate of drug-likeness (QED) is 0.594. The molecule has 3 heteroatoms. The average Bonchev–Trinajstić information content (AvgIpc) is 2.12. The Balaban J connectivity index is 2.08. The first-order valence-electron chi connectivity index (χ1n) is 4.73. The van der Waals surface area contributed by atoms with Crippen LogP contribution in [-0.4, -0.2) is 30.6 Å². The van der Waals surface area contributed by atoms with E-state index in [2.05, 4.69) is 0 Å². The normalized spacial score (nSPS) is 35.8. The molecule has 1 aliphatic carbocycles. The number of ether oxygens (including phenoxy) is 1. The van der Waals surface area contributed by atoms with Crippen LogP contribution in [0.5, 0.6) is 0 Å². The van der Waals surface area contributed by atoms with E-state index in [9.17, 15) is 0 Å². The lowest BCUT2D eigenvalue weighted by Crippen LogP contribution is -2.50. The summed E-state index contributed by atoms with van der Waals surface area (Å²) in [5.74, 6) is 0.679. The van der Waals surface area contributed by atoms with Crippen molar-refractivity contribution in [1.29, 1.82) is 5.41 Å². The number of hydrogen-bond donors (Lipinski definition) is 1. The number of hydrogen-bond acceptors (Lipinski definition) is 2. The molecule has 12 heavy (non-hydrogen) atoms. The van der Waals surface area contributed by atoms with Gasteiger partial charge >= 0.3 is 0 Å². The predicted molar refractivity (Wildman–Crippen MR) is 47.2 cm³/mol. The zero-order valence-corrected chi connectivity index (χ0v) is 7.55. The number of rotatable bonds is 0. The number of amidine groups is 1. The second-order valence-corrected chi connectivity index (χ2v) is 3.84.